The van der Waals surface area contributed by atoms with Gasteiger partial charge in [-0.1, -0.05) is 19.8 Å². The van der Waals surface area contributed by atoms with E-state index in [1.54, 1.807) is 13.8 Å². The molecule has 16 heavy (non-hydrogen) atoms. The summed E-state index contributed by atoms with van der Waals surface area (Å²) >= 11 is 0. The lowest BCUT2D eigenvalue weighted by Crippen LogP contribution is -2.33. The van der Waals surface area contributed by atoms with Crippen molar-refractivity contribution in [3.63, 3.8) is 0 Å². The highest BCUT2D eigenvalue weighted by atomic mass is 16.5. The van der Waals surface area contributed by atoms with Crippen molar-refractivity contribution in [3.05, 3.63) is 0 Å². The Morgan fingerprint density at radius 3 is 2.31 bits per heavy atom. The van der Waals surface area contributed by atoms with E-state index in [0.29, 0.717) is 6.42 Å². The molecule has 0 aromatic rings. The SMILES string of the molecule is CCCCC(C#N)(C#N)C(C)C(=O)OCC. The second-order valence-electron chi connectivity index (χ2n) is 3.77. The van der Waals surface area contributed by atoms with Gasteiger partial charge in [0.1, 0.15) is 0 Å². The fourth-order valence-electron chi connectivity index (χ4n) is 1.47. The summed E-state index contributed by atoms with van der Waals surface area (Å²) < 4.78 is 4.85. The van der Waals surface area contributed by atoms with Gasteiger partial charge < -0.3 is 4.74 Å². The molecule has 0 aromatic carbocycles. The molecule has 0 aliphatic rings. The second-order valence-corrected chi connectivity index (χ2v) is 3.77. The minimum atomic E-state index is -1.25. The van der Waals surface area contributed by atoms with Gasteiger partial charge in [-0.15, -0.1) is 0 Å². The third-order valence-corrected chi connectivity index (χ3v) is 2.70. The van der Waals surface area contributed by atoms with Gasteiger partial charge in [-0.05, 0) is 20.3 Å². The maximum absolute atomic E-state index is 11.5. The van der Waals surface area contributed by atoms with Crippen molar-refractivity contribution in [1.82, 2.24) is 0 Å². The van der Waals surface area contributed by atoms with Crippen LogP contribution >= 0.6 is 0 Å². The van der Waals surface area contributed by atoms with Crippen molar-refractivity contribution in [2.45, 2.75) is 40.0 Å². The molecule has 4 heteroatoms. The largest absolute Gasteiger partial charge is 0.466 e. The molecule has 0 rings (SSSR count). The molecule has 0 saturated heterocycles. The number of nitriles is 2. The molecule has 4 nitrogen and oxygen atoms in total. The summed E-state index contributed by atoms with van der Waals surface area (Å²) in [6.07, 6.45) is 2.06. The van der Waals surface area contributed by atoms with E-state index in [4.69, 9.17) is 15.3 Å². The molecule has 0 bridgehead atoms. The second kappa shape index (κ2) is 6.85. The molecular formula is C12H18N2O2. The Morgan fingerprint density at radius 1 is 1.38 bits per heavy atom. The number of carbonyl (C=O) groups excluding carboxylic acids is 1. The van der Waals surface area contributed by atoms with Gasteiger partial charge in [-0.2, -0.15) is 10.5 Å². The van der Waals surface area contributed by atoms with Crippen molar-refractivity contribution in [3.8, 4) is 12.1 Å². The zero-order valence-electron chi connectivity index (χ0n) is 10.1. The number of nitrogens with zero attached hydrogens (tertiary/aromatic N) is 2. The first-order valence-electron chi connectivity index (χ1n) is 5.57. The molecule has 0 amide bonds. The molecule has 0 aliphatic carbocycles. The average molecular weight is 222 g/mol. The topological polar surface area (TPSA) is 73.9 Å². The van der Waals surface area contributed by atoms with Gasteiger partial charge in [0, 0.05) is 0 Å². The summed E-state index contributed by atoms with van der Waals surface area (Å²) in [7, 11) is 0. The molecule has 0 fully saturated rings. The number of carbonyl (C=O) groups is 1. The van der Waals surface area contributed by atoms with Crippen LogP contribution in [0.15, 0.2) is 0 Å². The number of hydrogen-bond donors (Lipinski definition) is 0. The fraction of sp³-hybridized carbons (Fsp3) is 0.750. The van der Waals surface area contributed by atoms with Crippen LogP contribution in [0.5, 0.6) is 0 Å². The quantitative estimate of drug-likeness (QED) is 0.647. The van der Waals surface area contributed by atoms with E-state index in [0.717, 1.165) is 12.8 Å². The monoisotopic (exact) mass is 222 g/mol. The van der Waals surface area contributed by atoms with Gasteiger partial charge in [0.05, 0.1) is 24.7 Å². The Balaban J connectivity index is 4.84. The highest BCUT2D eigenvalue weighted by molar-refractivity contribution is 5.74. The van der Waals surface area contributed by atoms with Crippen LogP contribution in [0.4, 0.5) is 0 Å². The zero-order chi connectivity index (χ0) is 12.6. The number of hydrogen-bond acceptors (Lipinski definition) is 4. The molecule has 88 valence electrons. The molecule has 0 spiro atoms. The molecule has 0 heterocycles. The van der Waals surface area contributed by atoms with Crippen LogP contribution in [0, 0.1) is 34.0 Å². The molecule has 0 saturated carbocycles. The van der Waals surface area contributed by atoms with Crippen molar-refractivity contribution < 1.29 is 9.53 Å². The minimum absolute atomic E-state index is 0.268. The number of ether oxygens (including phenoxy) is 1. The van der Waals surface area contributed by atoms with Crippen LogP contribution in [-0.4, -0.2) is 12.6 Å². The standard InChI is InChI=1S/C12H18N2O2/c1-4-6-7-12(8-13,9-14)10(3)11(15)16-5-2/h10H,4-7H2,1-3H3. The molecule has 0 N–H and O–H groups in total. The third kappa shape index (κ3) is 3.24. The Morgan fingerprint density at radius 2 is 1.94 bits per heavy atom. The van der Waals surface area contributed by atoms with Gasteiger partial charge in [0.25, 0.3) is 0 Å². The average Bonchev–Trinajstić information content (AvgIpc) is 2.31. The van der Waals surface area contributed by atoms with Crippen LogP contribution in [0.2, 0.25) is 0 Å². The summed E-state index contributed by atoms with van der Waals surface area (Å²) in [6, 6.07) is 3.95. The van der Waals surface area contributed by atoms with Crippen LogP contribution in [0.1, 0.15) is 40.0 Å². The van der Waals surface area contributed by atoms with E-state index in [9.17, 15) is 4.79 Å². The predicted molar refractivity (Wildman–Crippen MR) is 59.0 cm³/mol. The van der Waals surface area contributed by atoms with Gasteiger partial charge in [0.15, 0.2) is 5.41 Å². The van der Waals surface area contributed by atoms with Gasteiger partial charge in [0.2, 0.25) is 0 Å². The lowest BCUT2D eigenvalue weighted by Gasteiger charge is -2.24. The third-order valence-electron chi connectivity index (χ3n) is 2.70. The Kier molecular flexibility index (Phi) is 6.18. The van der Waals surface area contributed by atoms with E-state index in [1.807, 2.05) is 19.1 Å². The molecule has 0 aromatic heterocycles. The van der Waals surface area contributed by atoms with E-state index in [-0.39, 0.29) is 6.61 Å². The number of rotatable bonds is 6. The first-order chi connectivity index (χ1) is 7.57. The maximum Gasteiger partial charge on any atom is 0.311 e. The smallest absolute Gasteiger partial charge is 0.311 e. The first-order valence-corrected chi connectivity index (χ1v) is 5.57. The van der Waals surface area contributed by atoms with Crippen LogP contribution < -0.4 is 0 Å². The predicted octanol–water partition coefficient (Wildman–Crippen LogP) is 2.41. The number of esters is 1. The van der Waals surface area contributed by atoms with Gasteiger partial charge in [-0.3, -0.25) is 4.79 Å². The lowest BCUT2D eigenvalue weighted by atomic mass is 9.75. The maximum atomic E-state index is 11.5. The highest BCUT2D eigenvalue weighted by Crippen LogP contribution is 2.33. The fourth-order valence-corrected chi connectivity index (χ4v) is 1.47. The van der Waals surface area contributed by atoms with E-state index < -0.39 is 17.3 Å². The lowest BCUT2D eigenvalue weighted by molar-refractivity contribution is -0.149. The molecule has 0 radical (unpaired) electrons. The van der Waals surface area contributed by atoms with E-state index >= 15 is 0 Å². The van der Waals surface area contributed by atoms with Crippen molar-refractivity contribution in [2.75, 3.05) is 6.61 Å². The normalized spacial score (nSPS) is 12.3. The zero-order valence-corrected chi connectivity index (χ0v) is 10.1. The Hall–Kier alpha value is -1.55. The van der Waals surface area contributed by atoms with Gasteiger partial charge in [-0.25, -0.2) is 0 Å². The van der Waals surface area contributed by atoms with Crippen molar-refractivity contribution >= 4 is 5.97 Å². The summed E-state index contributed by atoms with van der Waals surface area (Å²) in [4.78, 5) is 11.5. The summed E-state index contributed by atoms with van der Waals surface area (Å²) in [5.74, 6) is -1.17. The van der Waals surface area contributed by atoms with Crippen LogP contribution in [0.3, 0.4) is 0 Å². The minimum Gasteiger partial charge on any atom is -0.466 e. The van der Waals surface area contributed by atoms with Crippen LogP contribution in [0.25, 0.3) is 0 Å². The molecular weight excluding hydrogens is 204 g/mol. The summed E-state index contributed by atoms with van der Waals surface area (Å²) in [5, 5.41) is 18.2. The molecule has 0 aliphatic heterocycles. The van der Waals surface area contributed by atoms with E-state index in [2.05, 4.69) is 0 Å². The van der Waals surface area contributed by atoms with E-state index in [1.165, 1.54) is 0 Å². The van der Waals surface area contributed by atoms with Crippen molar-refractivity contribution in [1.29, 1.82) is 10.5 Å². The van der Waals surface area contributed by atoms with Gasteiger partial charge >= 0.3 is 5.97 Å². The van der Waals surface area contributed by atoms with Crippen molar-refractivity contribution in [2.24, 2.45) is 11.3 Å². The summed E-state index contributed by atoms with van der Waals surface area (Å²) in [5.41, 5.74) is -1.25. The Labute approximate surface area is 96.8 Å². The number of unbranched alkanes of at least 4 members (excludes halogenated alkanes) is 1. The molecule has 1 unspecified atom stereocenters. The first kappa shape index (κ1) is 14.5. The summed E-state index contributed by atoms with van der Waals surface area (Å²) in [6.45, 7) is 5.54. The molecule has 1 atom stereocenters. The van der Waals surface area contributed by atoms with Crippen LogP contribution in [-0.2, 0) is 9.53 Å². The Bertz CT molecular complexity index is 298. The highest BCUT2D eigenvalue weighted by Gasteiger charge is 2.41.